The SMILES string of the molecule is CC(C)(CCc1cccc(O)c1)N1Cc2ccc(S(C)(=O)=O)cc2C1. The molecular formula is C20H25NO3S. The molecule has 0 fully saturated rings. The molecule has 0 radical (unpaired) electrons. The fraction of sp³-hybridized carbons (Fsp3) is 0.400. The van der Waals surface area contributed by atoms with Crippen molar-refractivity contribution in [3.63, 3.8) is 0 Å². The number of benzene rings is 2. The average molecular weight is 359 g/mol. The van der Waals surface area contributed by atoms with Gasteiger partial charge >= 0.3 is 0 Å². The molecule has 0 amide bonds. The first-order valence-corrected chi connectivity index (χ1v) is 10.4. The van der Waals surface area contributed by atoms with Crippen LogP contribution in [-0.2, 0) is 29.3 Å². The van der Waals surface area contributed by atoms with Crippen molar-refractivity contribution in [2.45, 2.75) is 50.2 Å². The van der Waals surface area contributed by atoms with Gasteiger partial charge in [-0.25, -0.2) is 8.42 Å². The van der Waals surface area contributed by atoms with Crippen LogP contribution in [0.4, 0.5) is 0 Å². The summed E-state index contributed by atoms with van der Waals surface area (Å²) in [7, 11) is -3.17. The molecule has 0 unspecified atom stereocenters. The molecule has 0 spiro atoms. The second-order valence-electron chi connectivity index (χ2n) is 7.54. The van der Waals surface area contributed by atoms with E-state index in [4.69, 9.17) is 0 Å². The zero-order chi connectivity index (χ0) is 18.2. The Morgan fingerprint density at radius 2 is 1.80 bits per heavy atom. The standard InChI is InChI=1S/C20H25NO3S/c1-20(2,10-9-15-5-4-6-18(22)11-15)21-13-16-7-8-19(25(3,23)24)12-17(16)14-21/h4-8,11-12,22H,9-10,13-14H2,1-3H3. The highest BCUT2D eigenvalue weighted by Gasteiger charge is 2.32. The molecule has 1 N–H and O–H groups in total. The van der Waals surface area contributed by atoms with Crippen LogP contribution in [0.5, 0.6) is 5.75 Å². The fourth-order valence-electron chi connectivity index (χ4n) is 3.35. The molecule has 2 aromatic rings. The van der Waals surface area contributed by atoms with Gasteiger partial charge in [-0.05, 0) is 67.6 Å². The van der Waals surface area contributed by atoms with E-state index in [0.29, 0.717) is 10.6 Å². The smallest absolute Gasteiger partial charge is 0.175 e. The Labute approximate surface area is 150 Å². The molecule has 2 aromatic carbocycles. The van der Waals surface area contributed by atoms with Crippen LogP contribution < -0.4 is 0 Å². The Bertz CT molecular complexity index is 888. The van der Waals surface area contributed by atoms with Gasteiger partial charge in [-0.3, -0.25) is 4.90 Å². The molecular weight excluding hydrogens is 334 g/mol. The highest BCUT2D eigenvalue weighted by Crippen LogP contribution is 2.33. The lowest BCUT2D eigenvalue weighted by Gasteiger charge is -2.35. The minimum absolute atomic E-state index is 0.0181. The van der Waals surface area contributed by atoms with Crippen molar-refractivity contribution in [2.75, 3.05) is 6.26 Å². The zero-order valence-electron chi connectivity index (χ0n) is 15.0. The van der Waals surface area contributed by atoms with Crippen LogP contribution in [0.2, 0.25) is 0 Å². The maximum absolute atomic E-state index is 11.8. The number of aryl methyl sites for hydroxylation is 1. The molecule has 25 heavy (non-hydrogen) atoms. The van der Waals surface area contributed by atoms with E-state index >= 15 is 0 Å². The number of sulfone groups is 1. The van der Waals surface area contributed by atoms with E-state index in [1.165, 1.54) is 11.8 Å². The summed E-state index contributed by atoms with van der Waals surface area (Å²) < 4.78 is 23.5. The predicted molar refractivity (Wildman–Crippen MR) is 99.3 cm³/mol. The Hall–Kier alpha value is -1.85. The lowest BCUT2D eigenvalue weighted by Crippen LogP contribution is -2.40. The first-order valence-electron chi connectivity index (χ1n) is 8.50. The van der Waals surface area contributed by atoms with Crippen LogP contribution >= 0.6 is 0 Å². The topological polar surface area (TPSA) is 57.6 Å². The number of hydrogen-bond donors (Lipinski definition) is 1. The minimum Gasteiger partial charge on any atom is -0.508 e. The highest BCUT2D eigenvalue weighted by molar-refractivity contribution is 7.90. The van der Waals surface area contributed by atoms with Gasteiger partial charge in [-0.1, -0.05) is 18.2 Å². The molecule has 134 valence electrons. The van der Waals surface area contributed by atoms with Gasteiger partial charge < -0.3 is 5.11 Å². The number of hydrogen-bond acceptors (Lipinski definition) is 4. The second-order valence-corrected chi connectivity index (χ2v) is 9.56. The summed E-state index contributed by atoms with van der Waals surface area (Å²) in [6.45, 7) is 6.05. The molecule has 0 bridgehead atoms. The summed E-state index contributed by atoms with van der Waals surface area (Å²) in [6.07, 6.45) is 3.10. The summed E-state index contributed by atoms with van der Waals surface area (Å²) in [5.74, 6) is 0.303. The van der Waals surface area contributed by atoms with Crippen molar-refractivity contribution in [2.24, 2.45) is 0 Å². The fourth-order valence-corrected chi connectivity index (χ4v) is 4.02. The molecule has 4 nitrogen and oxygen atoms in total. The van der Waals surface area contributed by atoms with Crippen molar-refractivity contribution in [3.8, 4) is 5.75 Å². The van der Waals surface area contributed by atoms with E-state index < -0.39 is 9.84 Å². The lowest BCUT2D eigenvalue weighted by atomic mass is 9.93. The van der Waals surface area contributed by atoms with Gasteiger partial charge in [0.05, 0.1) is 4.90 Å². The van der Waals surface area contributed by atoms with Gasteiger partial charge in [0.2, 0.25) is 0 Å². The predicted octanol–water partition coefficient (Wildman–Crippen LogP) is 3.52. The highest BCUT2D eigenvalue weighted by atomic mass is 32.2. The Morgan fingerprint density at radius 1 is 1.08 bits per heavy atom. The number of rotatable bonds is 5. The minimum atomic E-state index is -3.17. The van der Waals surface area contributed by atoms with Gasteiger partial charge in [0.1, 0.15) is 5.75 Å². The maximum atomic E-state index is 11.8. The van der Waals surface area contributed by atoms with Crippen molar-refractivity contribution in [1.29, 1.82) is 0 Å². The number of aromatic hydroxyl groups is 1. The van der Waals surface area contributed by atoms with Crippen molar-refractivity contribution in [1.82, 2.24) is 4.90 Å². The van der Waals surface area contributed by atoms with E-state index in [0.717, 1.165) is 37.1 Å². The van der Waals surface area contributed by atoms with Gasteiger partial charge in [0, 0.05) is 24.9 Å². The van der Waals surface area contributed by atoms with Crippen LogP contribution in [0.1, 0.15) is 37.0 Å². The lowest BCUT2D eigenvalue weighted by molar-refractivity contribution is 0.109. The van der Waals surface area contributed by atoms with Crippen LogP contribution in [0.25, 0.3) is 0 Å². The molecule has 0 saturated carbocycles. The van der Waals surface area contributed by atoms with E-state index in [2.05, 4.69) is 18.7 Å². The molecule has 0 atom stereocenters. The van der Waals surface area contributed by atoms with Crippen LogP contribution in [-0.4, -0.2) is 30.2 Å². The molecule has 1 aliphatic rings. The monoisotopic (exact) mass is 359 g/mol. The number of phenolic OH excluding ortho intramolecular Hbond substituents is 1. The molecule has 0 aromatic heterocycles. The Balaban J connectivity index is 1.71. The van der Waals surface area contributed by atoms with Crippen molar-refractivity contribution in [3.05, 3.63) is 59.2 Å². The quantitative estimate of drug-likeness (QED) is 0.887. The van der Waals surface area contributed by atoms with Crippen LogP contribution in [0, 0.1) is 0 Å². The first-order chi connectivity index (χ1) is 11.6. The number of nitrogens with zero attached hydrogens (tertiary/aromatic N) is 1. The van der Waals surface area contributed by atoms with E-state index in [1.807, 2.05) is 30.3 Å². The molecule has 3 rings (SSSR count). The molecule has 0 aliphatic carbocycles. The van der Waals surface area contributed by atoms with Crippen molar-refractivity contribution >= 4 is 9.84 Å². The largest absolute Gasteiger partial charge is 0.508 e. The van der Waals surface area contributed by atoms with Gasteiger partial charge in [0.25, 0.3) is 0 Å². The third-order valence-electron chi connectivity index (χ3n) is 5.12. The Kier molecular flexibility index (Phi) is 4.64. The van der Waals surface area contributed by atoms with Crippen LogP contribution in [0.15, 0.2) is 47.4 Å². The molecule has 5 heteroatoms. The third kappa shape index (κ3) is 4.05. The van der Waals surface area contributed by atoms with Crippen molar-refractivity contribution < 1.29 is 13.5 Å². The number of fused-ring (bicyclic) bond motifs is 1. The number of phenols is 1. The summed E-state index contributed by atoms with van der Waals surface area (Å²) in [4.78, 5) is 2.79. The second kappa shape index (κ2) is 6.46. The first kappa shape index (κ1) is 18.0. The van der Waals surface area contributed by atoms with Crippen LogP contribution in [0.3, 0.4) is 0 Å². The summed E-state index contributed by atoms with van der Waals surface area (Å²) in [6, 6.07) is 12.9. The summed E-state index contributed by atoms with van der Waals surface area (Å²) >= 11 is 0. The third-order valence-corrected chi connectivity index (χ3v) is 6.23. The normalized spacial score (nSPS) is 15.3. The van der Waals surface area contributed by atoms with Gasteiger partial charge in [-0.2, -0.15) is 0 Å². The van der Waals surface area contributed by atoms with E-state index in [1.54, 1.807) is 12.1 Å². The van der Waals surface area contributed by atoms with Gasteiger partial charge in [0.15, 0.2) is 9.84 Å². The zero-order valence-corrected chi connectivity index (χ0v) is 15.8. The maximum Gasteiger partial charge on any atom is 0.175 e. The Morgan fingerprint density at radius 3 is 2.48 bits per heavy atom. The van der Waals surface area contributed by atoms with E-state index in [9.17, 15) is 13.5 Å². The summed E-state index contributed by atoms with van der Waals surface area (Å²) in [5.41, 5.74) is 3.42. The van der Waals surface area contributed by atoms with E-state index in [-0.39, 0.29) is 5.54 Å². The summed E-state index contributed by atoms with van der Waals surface area (Å²) in [5, 5.41) is 9.60. The van der Waals surface area contributed by atoms with Gasteiger partial charge in [-0.15, -0.1) is 0 Å². The molecule has 1 aliphatic heterocycles. The molecule has 0 saturated heterocycles. The molecule has 1 heterocycles. The average Bonchev–Trinajstić information content (AvgIpc) is 2.96.